The highest BCUT2D eigenvalue weighted by atomic mass is 32.2. The van der Waals surface area contributed by atoms with Crippen LogP contribution in [0.4, 0.5) is 5.13 Å². The lowest BCUT2D eigenvalue weighted by Gasteiger charge is -2.03. The van der Waals surface area contributed by atoms with E-state index in [-0.39, 0.29) is 11.7 Å². The first-order valence-electron chi connectivity index (χ1n) is 8.40. The van der Waals surface area contributed by atoms with Crippen molar-refractivity contribution < 1.29 is 9.53 Å². The number of thiophene rings is 1. The van der Waals surface area contributed by atoms with Gasteiger partial charge in [-0.25, -0.2) is 4.98 Å². The van der Waals surface area contributed by atoms with Gasteiger partial charge in [0.05, 0.1) is 23.1 Å². The van der Waals surface area contributed by atoms with Crippen LogP contribution in [-0.4, -0.2) is 38.5 Å². The number of ether oxygens (including phenoxy) is 1. The molecule has 144 valence electrons. The first-order chi connectivity index (χ1) is 13.6. The van der Waals surface area contributed by atoms with E-state index in [1.54, 1.807) is 18.4 Å². The molecule has 0 saturated heterocycles. The summed E-state index contributed by atoms with van der Waals surface area (Å²) in [4.78, 5) is 18.0. The summed E-state index contributed by atoms with van der Waals surface area (Å²) in [5, 5.41) is 14.6. The summed E-state index contributed by atoms with van der Waals surface area (Å²) in [6, 6.07) is 9.74. The van der Waals surface area contributed by atoms with Crippen LogP contribution < -0.4 is 10.1 Å². The quantitative estimate of drug-likeness (QED) is 0.448. The molecule has 10 heteroatoms. The molecule has 0 fully saturated rings. The van der Waals surface area contributed by atoms with Crippen LogP contribution in [0.2, 0.25) is 0 Å². The van der Waals surface area contributed by atoms with Gasteiger partial charge in [0.25, 0.3) is 0 Å². The van der Waals surface area contributed by atoms with Gasteiger partial charge in [0.2, 0.25) is 5.91 Å². The molecule has 0 saturated carbocycles. The lowest BCUT2D eigenvalue weighted by molar-refractivity contribution is -0.113. The number of amides is 1. The molecule has 0 bridgehead atoms. The monoisotopic (exact) mass is 431 g/mol. The van der Waals surface area contributed by atoms with Gasteiger partial charge in [0.1, 0.15) is 11.6 Å². The van der Waals surface area contributed by atoms with Gasteiger partial charge in [-0.15, -0.1) is 21.5 Å². The van der Waals surface area contributed by atoms with E-state index in [2.05, 4.69) is 26.6 Å². The number of fused-ring (bicyclic) bond motifs is 1. The number of rotatable bonds is 7. The van der Waals surface area contributed by atoms with Gasteiger partial charge in [0, 0.05) is 18.3 Å². The summed E-state index contributed by atoms with van der Waals surface area (Å²) in [6.07, 6.45) is 0.739. The van der Waals surface area contributed by atoms with Crippen molar-refractivity contribution in [1.29, 1.82) is 0 Å². The molecule has 28 heavy (non-hydrogen) atoms. The second-order valence-electron chi connectivity index (χ2n) is 5.90. The van der Waals surface area contributed by atoms with Gasteiger partial charge >= 0.3 is 0 Å². The van der Waals surface area contributed by atoms with E-state index in [1.807, 2.05) is 41.3 Å². The Hall–Kier alpha value is -2.43. The van der Waals surface area contributed by atoms with Crippen LogP contribution >= 0.6 is 34.4 Å². The Bertz CT molecular complexity index is 1100. The van der Waals surface area contributed by atoms with Crippen molar-refractivity contribution in [1.82, 2.24) is 19.7 Å². The fraction of sp³-hybridized carbons (Fsp3) is 0.222. The predicted octanol–water partition coefficient (Wildman–Crippen LogP) is 3.82. The molecular formula is C18H17N5O2S3. The van der Waals surface area contributed by atoms with Gasteiger partial charge in [0.15, 0.2) is 10.3 Å². The van der Waals surface area contributed by atoms with Crippen molar-refractivity contribution in [3.05, 3.63) is 46.4 Å². The Kier molecular flexibility index (Phi) is 5.60. The maximum absolute atomic E-state index is 12.3. The summed E-state index contributed by atoms with van der Waals surface area (Å²) in [5.41, 5.74) is 0.834. The number of methoxy groups -OCH3 is 1. The average molecular weight is 432 g/mol. The fourth-order valence-electron chi connectivity index (χ4n) is 2.56. The normalized spacial score (nSPS) is 11.1. The summed E-state index contributed by atoms with van der Waals surface area (Å²) < 4.78 is 8.12. The maximum atomic E-state index is 12.3. The Morgan fingerprint density at radius 1 is 1.32 bits per heavy atom. The topological polar surface area (TPSA) is 81.9 Å². The second-order valence-corrected chi connectivity index (χ2v) is 8.91. The van der Waals surface area contributed by atoms with E-state index in [0.29, 0.717) is 5.13 Å². The number of hydrogen-bond acceptors (Lipinski definition) is 8. The second kappa shape index (κ2) is 8.29. The van der Waals surface area contributed by atoms with E-state index in [0.717, 1.165) is 33.4 Å². The summed E-state index contributed by atoms with van der Waals surface area (Å²) in [6.45, 7) is 0. The van der Waals surface area contributed by atoms with Gasteiger partial charge < -0.3 is 14.6 Å². The zero-order chi connectivity index (χ0) is 19.5. The van der Waals surface area contributed by atoms with Crippen molar-refractivity contribution in [2.75, 3.05) is 18.2 Å². The number of benzene rings is 1. The number of carbonyl (C=O) groups is 1. The highest BCUT2D eigenvalue weighted by molar-refractivity contribution is 7.99. The zero-order valence-electron chi connectivity index (χ0n) is 15.2. The molecule has 0 aliphatic carbocycles. The maximum Gasteiger partial charge on any atom is 0.236 e. The molecule has 0 spiro atoms. The largest absolute Gasteiger partial charge is 0.497 e. The van der Waals surface area contributed by atoms with Crippen molar-refractivity contribution >= 4 is 55.7 Å². The number of thiazole rings is 1. The molecule has 3 heterocycles. The summed E-state index contributed by atoms with van der Waals surface area (Å²) in [7, 11) is 3.55. The minimum Gasteiger partial charge on any atom is -0.497 e. The van der Waals surface area contributed by atoms with Crippen molar-refractivity contribution in [2.45, 2.75) is 11.6 Å². The third-order valence-electron chi connectivity index (χ3n) is 4.01. The fourth-order valence-corrected chi connectivity index (χ4v) is 4.91. The molecule has 4 rings (SSSR count). The summed E-state index contributed by atoms with van der Waals surface area (Å²) in [5.74, 6) is 1.76. The molecule has 1 N–H and O–H groups in total. The van der Waals surface area contributed by atoms with Crippen LogP contribution in [0.25, 0.3) is 10.2 Å². The van der Waals surface area contributed by atoms with Crippen LogP contribution in [0.5, 0.6) is 5.75 Å². The minimum absolute atomic E-state index is 0.126. The number of carbonyl (C=O) groups excluding carboxylic acids is 1. The number of anilines is 1. The van der Waals surface area contributed by atoms with Crippen LogP contribution in [-0.2, 0) is 18.3 Å². The zero-order valence-corrected chi connectivity index (χ0v) is 17.7. The van der Waals surface area contributed by atoms with E-state index >= 15 is 0 Å². The standard InChI is InChI=1S/C18H17N5O2S3/c1-23-15(9-12-4-3-7-26-12)21-22-18(23)27-10-16(24)20-17-19-13-6-5-11(25-2)8-14(13)28-17/h3-8H,9-10H2,1-2H3,(H,19,20,24). The number of nitrogens with zero attached hydrogens (tertiary/aromatic N) is 4. The SMILES string of the molecule is COc1ccc2nc(NC(=O)CSc3nnc(Cc4cccs4)n3C)sc2c1. The first-order valence-corrected chi connectivity index (χ1v) is 11.1. The van der Waals surface area contributed by atoms with Crippen LogP contribution in [0.3, 0.4) is 0 Å². The van der Waals surface area contributed by atoms with E-state index in [4.69, 9.17) is 4.74 Å². The Morgan fingerprint density at radius 2 is 2.21 bits per heavy atom. The Labute approximate surface area is 173 Å². The van der Waals surface area contributed by atoms with E-state index in [9.17, 15) is 4.79 Å². The average Bonchev–Trinajstić information content (AvgIpc) is 3.41. The lowest BCUT2D eigenvalue weighted by Crippen LogP contribution is -2.14. The molecule has 4 aromatic rings. The third kappa shape index (κ3) is 4.18. The first kappa shape index (κ1) is 18.9. The number of hydrogen-bond donors (Lipinski definition) is 1. The highest BCUT2D eigenvalue weighted by Gasteiger charge is 2.14. The molecule has 0 unspecified atom stereocenters. The Balaban J connectivity index is 1.36. The molecule has 0 aliphatic rings. The molecule has 7 nitrogen and oxygen atoms in total. The molecule has 0 radical (unpaired) electrons. The Morgan fingerprint density at radius 3 is 3.00 bits per heavy atom. The molecule has 0 aliphatic heterocycles. The molecular weight excluding hydrogens is 414 g/mol. The van der Waals surface area contributed by atoms with Gasteiger partial charge in [-0.3, -0.25) is 4.79 Å². The van der Waals surface area contributed by atoms with Gasteiger partial charge in [-0.1, -0.05) is 29.2 Å². The van der Waals surface area contributed by atoms with Gasteiger partial charge in [-0.2, -0.15) is 0 Å². The number of aromatic nitrogens is 4. The number of thioether (sulfide) groups is 1. The minimum atomic E-state index is -0.126. The summed E-state index contributed by atoms with van der Waals surface area (Å²) >= 11 is 4.47. The smallest absolute Gasteiger partial charge is 0.236 e. The van der Waals surface area contributed by atoms with E-state index < -0.39 is 0 Å². The van der Waals surface area contributed by atoms with E-state index in [1.165, 1.54) is 28.0 Å². The molecule has 0 atom stereocenters. The van der Waals surface area contributed by atoms with Crippen LogP contribution in [0.15, 0.2) is 40.9 Å². The van der Waals surface area contributed by atoms with Crippen LogP contribution in [0, 0.1) is 0 Å². The van der Waals surface area contributed by atoms with Crippen molar-refractivity contribution in [2.24, 2.45) is 7.05 Å². The van der Waals surface area contributed by atoms with Crippen LogP contribution in [0.1, 0.15) is 10.7 Å². The number of nitrogens with one attached hydrogen (secondary N) is 1. The third-order valence-corrected chi connectivity index (χ3v) is 6.84. The lowest BCUT2D eigenvalue weighted by atomic mass is 10.3. The predicted molar refractivity (Wildman–Crippen MR) is 114 cm³/mol. The van der Waals surface area contributed by atoms with Crippen molar-refractivity contribution in [3.63, 3.8) is 0 Å². The van der Waals surface area contributed by atoms with Gasteiger partial charge in [-0.05, 0) is 29.6 Å². The molecule has 1 amide bonds. The van der Waals surface area contributed by atoms with Crippen molar-refractivity contribution in [3.8, 4) is 5.75 Å². The molecule has 3 aromatic heterocycles. The highest BCUT2D eigenvalue weighted by Crippen LogP contribution is 2.29. The molecule has 1 aromatic carbocycles.